The Morgan fingerprint density at radius 2 is 2.09 bits per heavy atom. The van der Waals surface area contributed by atoms with Crippen molar-refractivity contribution in [2.45, 2.75) is 16.6 Å². The summed E-state index contributed by atoms with van der Waals surface area (Å²) >= 11 is 1.46. The number of nitrogens with zero attached hydrogens (tertiary/aromatic N) is 1. The minimum Gasteiger partial charge on any atom is -0.325 e. The van der Waals surface area contributed by atoms with E-state index in [9.17, 15) is 19.3 Å². The SMILES string of the molecule is O=C(Nc1ccc(F)c([N+](=O)[O-])c1)C1Cc2ccccc2S1. The van der Waals surface area contributed by atoms with E-state index in [2.05, 4.69) is 5.32 Å². The molecular formula is C15H11FN2O3S. The zero-order chi connectivity index (χ0) is 15.7. The fourth-order valence-electron chi connectivity index (χ4n) is 2.28. The number of amides is 1. The zero-order valence-electron chi connectivity index (χ0n) is 11.3. The van der Waals surface area contributed by atoms with Crippen LogP contribution >= 0.6 is 11.8 Å². The average Bonchev–Trinajstić information content (AvgIpc) is 2.93. The summed E-state index contributed by atoms with van der Waals surface area (Å²) in [4.78, 5) is 23.2. The molecule has 0 aromatic heterocycles. The Hall–Kier alpha value is -2.41. The van der Waals surface area contributed by atoms with Crippen LogP contribution < -0.4 is 5.32 Å². The fraction of sp³-hybridized carbons (Fsp3) is 0.133. The lowest BCUT2D eigenvalue weighted by Gasteiger charge is -2.10. The summed E-state index contributed by atoms with van der Waals surface area (Å²) in [6.45, 7) is 0. The molecule has 1 atom stereocenters. The molecule has 0 saturated carbocycles. The van der Waals surface area contributed by atoms with Crippen LogP contribution in [0.25, 0.3) is 0 Å². The largest absolute Gasteiger partial charge is 0.325 e. The molecule has 0 bridgehead atoms. The fourth-order valence-corrected chi connectivity index (χ4v) is 3.48. The number of rotatable bonds is 3. The lowest BCUT2D eigenvalue weighted by atomic mass is 10.1. The summed E-state index contributed by atoms with van der Waals surface area (Å²) in [6.07, 6.45) is 0.607. The van der Waals surface area contributed by atoms with Crippen LogP contribution in [0.3, 0.4) is 0 Å². The third-order valence-electron chi connectivity index (χ3n) is 3.35. The number of fused-ring (bicyclic) bond motifs is 1. The first-order valence-electron chi connectivity index (χ1n) is 6.54. The minimum absolute atomic E-state index is 0.217. The van der Waals surface area contributed by atoms with Gasteiger partial charge in [0.15, 0.2) is 0 Å². The predicted octanol–water partition coefficient (Wildman–Crippen LogP) is 3.39. The van der Waals surface area contributed by atoms with E-state index in [4.69, 9.17) is 0 Å². The van der Waals surface area contributed by atoms with Gasteiger partial charge in [-0.1, -0.05) is 18.2 Å². The van der Waals surface area contributed by atoms with Gasteiger partial charge in [0.05, 0.1) is 10.2 Å². The number of carbonyl (C=O) groups is 1. The van der Waals surface area contributed by atoms with Gasteiger partial charge in [0, 0.05) is 16.6 Å². The van der Waals surface area contributed by atoms with E-state index < -0.39 is 16.4 Å². The topological polar surface area (TPSA) is 72.2 Å². The normalized spacial score (nSPS) is 16.1. The Morgan fingerprint density at radius 3 is 2.82 bits per heavy atom. The lowest BCUT2D eigenvalue weighted by Crippen LogP contribution is -2.24. The summed E-state index contributed by atoms with van der Waals surface area (Å²) in [5, 5.41) is 13.0. The predicted molar refractivity (Wildman–Crippen MR) is 81.5 cm³/mol. The van der Waals surface area contributed by atoms with Crippen LogP contribution in [0.4, 0.5) is 15.8 Å². The first-order valence-corrected chi connectivity index (χ1v) is 7.42. The van der Waals surface area contributed by atoms with Crippen LogP contribution in [0.5, 0.6) is 0 Å². The van der Waals surface area contributed by atoms with Crippen molar-refractivity contribution in [1.82, 2.24) is 0 Å². The average molecular weight is 318 g/mol. The Morgan fingerprint density at radius 1 is 1.32 bits per heavy atom. The molecule has 2 aromatic carbocycles. The number of nitro groups is 1. The number of nitro benzene ring substituents is 1. The molecule has 3 rings (SSSR count). The number of anilines is 1. The van der Waals surface area contributed by atoms with E-state index in [1.54, 1.807) is 0 Å². The molecule has 1 heterocycles. The molecule has 0 fully saturated rings. The smallest absolute Gasteiger partial charge is 0.306 e. The quantitative estimate of drug-likeness (QED) is 0.695. The molecular weight excluding hydrogens is 307 g/mol. The van der Waals surface area contributed by atoms with Gasteiger partial charge >= 0.3 is 5.69 Å². The molecule has 1 N–H and O–H groups in total. The highest BCUT2D eigenvalue weighted by Crippen LogP contribution is 2.37. The Kier molecular flexibility index (Phi) is 3.81. The van der Waals surface area contributed by atoms with Crippen molar-refractivity contribution in [2.75, 3.05) is 5.32 Å². The monoisotopic (exact) mass is 318 g/mol. The van der Waals surface area contributed by atoms with Crippen LogP contribution in [-0.4, -0.2) is 16.1 Å². The van der Waals surface area contributed by atoms with Gasteiger partial charge in [0.1, 0.15) is 0 Å². The van der Waals surface area contributed by atoms with Gasteiger partial charge in [-0.15, -0.1) is 11.8 Å². The molecule has 1 unspecified atom stereocenters. The summed E-state index contributed by atoms with van der Waals surface area (Å²) in [5.74, 6) is -1.17. The van der Waals surface area contributed by atoms with E-state index >= 15 is 0 Å². The standard InChI is InChI=1S/C15H11FN2O3S/c16-11-6-5-10(8-12(11)18(20)21)17-15(19)14-7-9-3-1-2-4-13(9)22-14/h1-6,8,14H,7H2,(H,17,19). The number of benzene rings is 2. The molecule has 0 radical (unpaired) electrons. The number of hydrogen-bond donors (Lipinski definition) is 1. The van der Waals surface area contributed by atoms with Crippen molar-refractivity contribution in [3.8, 4) is 0 Å². The molecule has 1 aliphatic heterocycles. The van der Waals surface area contributed by atoms with Crippen molar-refractivity contribution < 1.29 is 14.1 Å². The summed E-state index contributed by atoms with van der Waals surface area (Å²) in [6, 6.07) is 11.1. The third-order valence-corrected chi connectivity index (χ3v) is 4.67. The highest BCUT2D eigenvalue weighted by atomic mass is 32.2. The van der Waals surface area contributed by atoms with Crippen LogP contribution in [-0.2, 0) is 11.2 Å². The van der Waals surface area contributed by atoms with Crippen LogP contribution in [0.1, 0.15) is 5.56 Å². The molecule has 0 saturated heterocycles. The summed E-state index contributed by atoms with van der Waals surface area (Å²) in [5.41, 5.74) is 0.674. The van der Waals surface area contributed by atoms with Crippen molar-refractivity contribution >= 4 is 29.0 Å². The molecule has 1 amide bonds. The van der Waals surface area contributed by atoms with Crippen molar-refractivity contribution in [3.63, 3.8) is 0 Å². The number of nitrogens with one attached hydrogen (secondary N) is 1. The molecule has 1 aliphatic rings. The van der Waals surface area contributed by atoms with Crippen LogP contribution in [0.15, 0.2) is 47.4 Å². The number of carbonyl (C=O) groups excluding carboxylic acids is 1. The second-order valence-corrected chi connectivity index (χ2v) is 6.08. The maximum absolute atomic E-state index is 13.3. The second-order valence-electron chi connectivity index (χ2n) is 4.83. The second kappa shape index (κ2) is 5.76. The van der Waals surface area contributed by atoms with Crippen LogP contribution in [0.2, 0.25) is 0 Å². The first kappa shape index (κ1) is 14.5. The van der Waals surface area contributed by atoms with Gasteiger partial charge in [-0.05, 0) is 30.2 Å². The van der Waals surface area contributed by atoms with Crippen molar-refractivity contribution in [2.24, 2.45) is 0 Å². The Bertz CT molecular complexity index is 741. The zero-order valence-corrected chi connectivity index (χ0v) is 12.1. The molecule has 7 heteroatoms. The van der Waals surface area contributed by atoms with Gasteiger partial charge in [0.2, 0.25) is 11.7 Å². The number of halogens is 1. The van der Waals surface area contributed by atoms with E-state index in [-0.39, 0.29) is 16.8 Å². The highest BCUT2D eigenvalue weighted by Gasteiger charge is 2.28. The summed E-state index contributed by atoms with van der Waals surface area (Å²) in [7, 11) is 0. The highest BCUT2D eigenvalue weighted by molar-refractivity contribution is 8.01. The maximum atomic E-state index is 13.3. The van der Waals surface area contributed by atoms with E-state index in [0.29, 0.717) is 6.42 Å². The van der Waals surface area contributed by atoms with E-state index in [1.165, 1.54) is 17.8 Å². The molecule has 112 valence electrons. The van der Waals surface area contributed by atoms with Gasteiger partial charge in [-0.2, -0.15) is 4.39 Å². The van der Waals surface area contributed by atoms with Gasteiger partial charge in [0.25, 0.3) is 0 Å². The van der Waals surface area contributed by atoms with Gasteiger partial charge in [-0.3, -0.25) is 14.9 Å². The minimum atomic E-state index is -0.925. The summed E-state index contributed by atoms with van der Waals surface area (Å²) < 4.78 is 13.3. The van der Waals surface area contributed by atoms with Crippen molar-refractivity contribution in [1.29, 1.82) is 0 Å². The van der Waals surface area contributed by atoms with Crippen LogP contribution in [0, 0.1) is 15.9 Å². The Labute approximate surface area is 129 Å². The Balaban J connectivity index is 1.73. The van der Waals surface area contributed by atoms with Gasteiger partial charge < -0.3 is 5.32 Å². The van der Waals surface area contributed by atoms with E-state index in [0.717, 1.165) is 22.6 Å². The molecule has 22 heavy (non-hydrogen) atoms. The molecule has 5 nitrogen and oxygen atoms in total. The molecule has 2 aromatic rings. The van der Waals surface area contributed by atoms with Crippen molar-refractivity contribution in [3.05, 3.63) is 64.0 Å². The number of hydrogen-bond acceptors (Lipinski definition) is 4. The lowest BCUT2D eigenvalue weighted by molar-refractivity contribution is -0.387. The van der Waals surface area contributed by atoms with E-state index in [1.807, 2.05) is 24.3 Å². The number of thioether (sulfide) groups is 1. The molecule has 0 aliphatic carbocycles. The third kappa shape index (κ3) is 2.80. The van der Waals surface area contributed by atoms with Gasteiger partial charge in [-0.25, -0.2) is 0 Å². The first-order chi connectivity index (χ1) is 10.5. The maximum Gasteiger partial charge on any atom is 0.306 e. The molecule has 0 spiro atoms.